The van der Waals surface area contributed by atoms with Crippen molar-refractivity contribution in [2.24, 2.45) is 0 Å². The number of morpholine rings is 1. The largest absolute Gasteiger partial charge is 0.465 e. The number of hydrogen-bond donors (Lipinski definition) is 1. The second-order valence-corrected chi connectivity index (χ2v) is 5.54. The molecule has 0 bridgehead atoms. The van der Waals surface area contributed by atoms with E-state index in [1.165, 1.54) is 6.08 Å². The van der Waals surface area contributed by atoms with Crippen molar-refractivity contribution >= 4 is 29.3 Å². The predicted molar refractivity (Wildman–Crippen MR) is 92.4 cm³/mol. The quantitative estimate of drug-likeness (QED) is 0.730. The summed E-state index contributed by atoms with van der Waals surface area (Å²) in [5, 5.41) is 7.11. The highest BCUT2D eigenvalue weighted by molar-refractivity contribution is 6.01. The van der Waals surface area contributed by atoms with Crippen LogP contribution in [0.4, 0.5) is 11.6 Å². The first-order valence-electron chi connectivity index (χ1n) is 8.00. The first-order valence-corrected chi connectivity index (χ1v) is 8.00. The SMILES string of the molecule is O=C(C=Cc1ccco1)Nc1cc(N2CCOCC2)n2nccc2n1. The van der Waals surface area contributed by atoms with Gasteiger partial charge >= 0.3 is 0 Å². The molecular formula is C17H17N5O3. The molecule has 8 heteroatoms. The smallest absolute Gasteiger partial charge is 0.249 e. The van der Waals surface area contributed by atoms with Crippen LogP contribution in [0.15, 0.2) is 47.2 Å². The minimum absolute atomic E-state index is 0.277. The third kappa shape index (κ3) is 3.38. The average molecular weight is 339 g/mol. The van der Waals surface area contributed by atoms with E-state index in [2.05, 4.69) is 20.3 Å². The van der Waals surface area contributed by atoms with E-state index in [1.807, 2.05) is 6.07 Å². The van der Waals surface area contributed by atoms with Crippen molar-refractivity contribution in [3.63, 3.8) is 0 Å². The van der Waals surface area contributed by atoms with Crippen LogP contribution in [0.2, 0.25) is 0 Å². The first kappa shape index (κ1) is 15.4. The topological polar surface area (TPSA) is 84.9 Å². The predicted octanol–water partition coefficient (Wildman–Crippen LogP) is 1.81. The zero-order valence-corrected chi connectivity index (χ0v) is 13.5. The molecule has 1 N–H and O–H groups in total. The number of nitrogens with one attached hydrogen (secondary N) is 1. The lowest BCUT2D eigenvalue weighted by molar-refractivity contribution is -0.111. The Morgan fingerprint density at radius 2 is 2.16 bits per heavy atom. The van der Waals surface area contributed by atoms with Crippen LogP contribution >= 0.6 is 0 Å². The molecule has 1 amide bonds. The van der Waals surface area contributed by atoms with Crippen LogP contribution in [-0.2, 0) is 9.53 Å². The molecule has 4 rings (SSSR count). The summed E-state index contributed by atoms with van der Waals surface area (Å²) >= 11 is 0. The van der Waals surface area contributed by atoms with Gasteiger partial charge in [0.2, 0.25) is 5.91 Å². The second-order valence-electron chi connectivity index (χ2n) is 5.54. The van der Waals surface area contributed by atoms with Crippen molar-refractivity contribution in [1.29, 1.82) is 0 Å². The Bertz CT molecular complexity index is 894. The molecular weight excluding hydrogens is 322 g/mol. The van der Waals surface area contributed by atoms with E-state index in [1.54, 1.807) is 41.3 Å². The van der Waals surface area contributed by atoms with E-state index in [0.29, 0.717) is 30.4 Å². The van der Waals surface area contributed by atoms with E-state index in [-0.39, 0.29) is 5.91 Å². The van der Waals surface area contributed by atoms with Crippen LogP contribution in [0.5, 0.6) is 0 Å². The molecule has 0 atom stereocenters. The standard InChI is InChI=1S/C17H17N5O3/c23-16(4-3-13-2-1-9-25-13)20-14-12-17(21-7-10-24-11-8-21)22-15(19-14)5-6-18-22/h1-6,9,12H,7-8,10-11H2,(H,19,20,23). The summed E-state index contributed by atoms with van der Waals surface area (Å²) in [6, 6.07) is 7.17. The number of fused-ring (bicyclic) bond motifs is 1. The second kappa shape index (κ2) is 6.78. The maximum absolute atomic E-state index is 12.1. The number of carbonyl (C=O) groups is 1. The van der Waals surface area contributed by atoms with Crippen LogP contribution in [0.3, 0.4) is 0 Å². The molecule has 1 aliphatic rings. The summed E-state index contributed by atoms with van der Waals surface area (Å²) in [4.78, 5) is 18.7. The number of anilines is 2. The van der Waals surface area contributed by atoms with Gasteiger partial charge in [-0.3, -0.25) is 4.79 Å². The fourth-order valence-corrected chi connectivity index (χ4v) is 2.69. The van der Waals surface area contributed by atoms with Gasteiger partial charge in [0.05, 0.1) is 25.7 Å². The fourth-order valence-electron chi connectivity index (χ4n) is 2.69. The summed E-state index contributed by atoms with van der Waals surface area (Å²) in [7, 11) is 0. The van der Waals surface area contributed by atoms with Gasteiger partial charge in [-0.25, -0.2) is 4.98 Å². The average Bonchev–Trinajstić information content (AvgIpc) is 3.31. The van der Waals surface area contributed by atoms with E-state index in [9.17, 15) is 4.79 Å². The lowest BCUT2D eigenvalue weighted by atomic mass is 10.3. The number of ether oxygens (including phenoxy) is 1. The maximum atomic E-state index is 12.1. The maximum Gasteiger partial charge on any atom is 0.249 e. The molecule has 128 valence electrons. The summed E-state index contributed by atoms with van der Waals surface area (Å²) in [5.74, 6) is 1.69. The van der Waals surface area contributed by atoms with Crippen molar-refractivity contribution in [1.82, 2.24) is 14.6 Å². The Kier molecular flexibility index (Phi) is 4.17. The molecule has 4 heterocycles. The molecule has 3 aromatic heterocycles. The highest BCUT2D eigenvalue weighted by atomic mass is 16.5. The van der Waals surface area contributed by atoms with Gasteiger partial charge in [-0.05, 0) is 18.2 Å². The molecule has 0 aromatic carbocycles. The number of nitrogens with zero attached hydrogens (tertiary/aromatic N) is 4. The molecule has 1 saturated heterocycles. The molecule has 3 aromatic rings. The van der Waals surface area contributed by atoms with Crippen LogP contribution in [0.1, 0.15) is 5.76 Å². The van der Waals surface area contributed by atoms with Crippen molar-refractivity contribution in [2.75, 3.05) is 36.5 Å². The van der Waals surface area contributed by atoms with Gasteiger partial charge < -0.3 is 19.4 Å². The van der Waals surface area contributed by atoms with Gasteiger partial charge in [-0.15, -0.1) is 0 Å². The number of amides is 1. The Balaban J connectivity index is 1.58. The van der Waals surface area contributed by atoms with Crippen molar-refractivity contribution in [3.8, 4) is 0 Å². The normalized spacial score (nSPS) is 15.1. The highest BCUT2D eigenvalue weighted by Crippen LogP contribution is 2.21. The zero-order chi connectivity index (χ0) is 17.1. The Morgan fingerprint density at radius 1 is 1.28 bits per heavy atom. The zero-order valence-electron chi connectivity index (χ0n) is 13.5. The van der Waals surface area contributed by atoms with E-state index >= 15 is 0 Å². The third-order valence-electron chi connectivity index (χ3n) is 3.87. The lowest BCUT2D eigenvalue weighted by Crippen LogP contribution is -2.37. The van der Waals surface area contributed by atoms with Crippen LogP contribution in [0.25, 0.3) is 11.7 Å². The van der Waals surface area contributed by atoms with Crippen LogP contribution in [-0.4, -0.2) is 46.8 Å². The fraction of sp³-hybridized carbons (Fsp3) is 0.235. The number of carbonyl (C=O) groups excluding carboxylic acids is 1. The molecule has 0 radical (unpaired) electrons. The van der Waals surface area contributed by atoms with E-state index in [4.69, 9.17) is 9.15 Å². The summed E-state index contributed by atoms with van der Waals surface area (Å²) in [6.45, 7) is 2.87. The summed E-state index contributed by atoms with van der Waals surface area (Å²) < 4.78 is 12.3. The Morgan fingerprint density at radius 3 is 2.96 bits per heavy atom. The highest BCUT2D eigenvalue weighted by Gasteiger charge is 2.17. The number of aromatic nitrogens is 3. The minimum atomic E-state index is -0.277. The van der Waals surface area contributed by atoms with Crippen LogP contribution < -0.4 is 10.2 Å². The number of furan rings is 1. The van der Waals surface area contributed by atoms with Gasteiger partial charge in [0.1, 0.15) is 17.4 Å². The molecule has 1 fully saturated rings. The van der Waals surface area contributed by atoms with Crippen molar-refractivity contribution < 1.29 is 13.9 Å². The molecule has 0 saturated carbocycles. The third-order valence-corrected chi connectivity index (χ3v) is 3.87. The Hall–Kier alpha value is -3.13. The van der Waals surface area contributed by atoms with Gasteiger partial charge in [0.25, 0.3) is 0 Å². The van der Waals surface area contributed by atoms with Crippen molar-refractivity contribution in [3.05, 3.63) is 48.6 Å². The molecule has 1 aliphatic heterocycles. The number of hydrogen-bond acceptors (Lipinski definition) is 6. The van der Waals surface area contributed by atoms with E-state index < -0.39 is 0 Å². The molecule has 0 aliphatic carbocycles. The van der Waals surface area contributed by atoms with E-state index in [0.717, 1.165) is 18.9 Å². The van der Waals surface area contributed by atoms with Gasteiger partial charge in [-0.1, -0.05) is 0 Å². The number of rotatable bonds is 4. The van der Waals surface area contributed by atoms with Gasteiger partial charge in [-0.2, -0.15) is 9.61 Å². The molecule has 25 heavy (non-hydrogen) atoms. The molecule has 8 nitrogen and oxygen atoms in total. The summed E-state index contributed by atoms with van der Waals surface area (Å²) in [5.41, 5.74) is 0.675. The Labute approximate surface area is 143 Å². The van der Waals surface area contributed by atoms with Gasteiger partial charge in [0.15, 0.2) is 5.65 Å². The van der Waals surface area contributed by atoms with Gasteiger partial charge in [0, 0.05) is 31.3 Å². The molecule has 0 spiro atoms. The van der Waals surface area contributed by atoms with Crippen LogP contribution in [0, 0.1) is 0 Å². The molecule has 0 unspecified atom stereocenters. The monoisotopic (exact) mass is 339 g/mol. The minimum Gasteiger partial charge on any atom is -0.465 e. The summed E-state index contributed by atoms with van der Waals surface area (Å²) in [6.07, 6.45) is 6.26. The lowest BCUT2D eigenvalue weighted by Gasteiger charge is -2.29. The first-order chi connectivity index (χ1) is 12.3. The van der Waals surface area contributed by atoms with Crippen molar-refractivity contribution in [2.45, 2.75) is 0 Å².